The van der Waals surface area contributed by atoms with Gasteiger partial charge in [0, 0.05) is 18.2 Å². The smallest absolute Gasteiger partial charge is 0.327 e. The van der Waals surface area contributed by atoms with Crippen molar-refractivity contribution in [3.8, 4) is 12.3 Å². The highest BCUT2D eigenvalue weighted by Crippen LogP contribution is 2.23. The zero-order valence-electron chi connectivity index (χ0n) is 11.2. The van der Waals surface area contributed by atoms with Gasteiger partial charge in [0.1, 0.15) is 6.04 Å². The van der Waals surface area contributed by atoms with Gasteiger partial charge in [-0.2, -0.15) is 0 Å². The summed E-state index contributed by atoms with van der Waals surface area (Å²) in [7, 11) is -3.50. The lowest BCUT2D eigenvalue weighted by Gasteiger charge is -2.13. The van der Waals surface area contributed by atoms with E-state index in [1.54, 1.807) is 0 Å². The number of aliphatic carboxylic acids is 1. The van der Waals surface area contributed by atoms with Gasteiger partial charge in [0.15, 0.2) is 0 Å². The number of carboxylic acids is 1. The van der Waals surface area contributed by atoms with Crippen molar-refractivity contribution in [3.63, 3.8) is 0 Å². The van der Waals surface area contributed by atoms with Crippen LogP contribution in [0, 0.1) is 12.3 Å². The predicted molar refractivity (Wildman–Crippen MR) is 78.3 cm³/mol. The van der Waals surface area contributed by atoms with Crippen molar-refractivity contribution in [1.82, 2.24) is 4.72 Å². The molecule has 112 valence electrons. The molecule has 2 rings (SSSR count). The number of hydrogen-bond acceptors (Lipinski definition) is 4. The molecule has 1 atom stereocenters. The van der Waals surface area contributed by atoms with E-state index in [1.807, 2.05) is 0 Å². The Hall–Kier alpha value is -2.04. The molecule has 3 N–H and O–H groups in total. The minimum absolute atomic E-state index is 0.0403. The highest BCUT2D eigenvalue weighted by atomic mass is 32.2. The van der Waals surface area contributed by atoms with Crippen molar-refractivity contribution >= 4 is 21.7 Å². The van der Waals surface area contributed by atoms with Gasteiger partial charge in [0.05, 0.1) is 4.90 Å². The van der Waals surface area contributed by atoms with Crippen LogP contribution in [0.4, 0.5) is 5.69 Å². The zero-order chi connectivity index (χ0) is 15.5. The van der Waals surface area contributed by atoms with Crippen LogP contribution >= 0.6 is 0 Å². The first-order chi connectivity index (χ1) is 9.92. The molecule has 1 aliphatic carbocycles. The zero-order valence-corrected chi connectivity index (χ0v) is 12.1. The van der Waals surface area contributed by atoms with Crippen molar-refractivity contribution in [2.24, 2.45) is 0 Å². The summed E-state index contributed by atoms with van der Waals surface area (Å²) in [6.45, 7) is 0. The van der Waals surface area contributed by atoms with E-state index < -0.39 is 22.0 Å². The van der Waals surface area contributed by atoms with Gasteiger partial charge in [-0.15, -0.1) is 12.3 Å². The Morgan fingerprint density at radius 1 is 1.38 bits per heavy atom. The van der Waals surface area contributed by atoms with Crippen molar-refractivity contribution in [2.75, 3.05) is 5.32 Å². The Bertz CT molecular complexity index is 657. The molecule has 1 unspecified atom stereocenters. The maximum absolute atomic E-state index is 12.0. The maximum atomic E-state index is 12.0. The van der Waals surface area contributed by atoms with E-state index in [0.29, 0.717) is 5.69 Å². The number of hydrogen-bond donors (Lipinski definition) is 3. The number of anilines is 1. The van der Waals surface area contributed by atoms with E-state index in [0.717, 1.165) is 12.8 Å². The summed E-state index contributed by atoms with van der Waals surface area (Å²) in [5, 5.41) is 11.7. The van der Waals surface area contributed by atoms with Crippen LogP contribution in [0.25, 0.3) is 0 Å². The van der Waals surface area contributed by atoms with Crippen LogP contribution in [0.1, 0.15) is 19.3 Å². The molecule has 7 heteroatoms. The number of carboxylic acid groups (broad SMARTS) is 1. The lowest BCUT2D eigenvalue weighted by molar-refractivity contribution is -0.137. The van der Waals surface area contributed by atoms with Crippen LogP contribution in [0.15, 0.2) is 29.2 Å². The van der Waals surface area contributed by atoms with Crippen molar-refractivity contribution in [2.45, 2.75) is 36.2 Å². The van der Waals surface area contributed by atoms with E-state index in [4.69, 9.17) is 11.5 Å². The second-order valence-corrected chi connectivity index (χ2v) is 6.58. The van der Waals surface area contributed by atoms with Crippen LogP contribution in [0.3, 0.4) is 0 Å². The first-order valence-corrected chi connectivity index (χ1v) is 7.96. The molecule has 1 fully saturated rings. The summed E-state index contributed by atoms with van der Waals surface area (Å²) >= 11 is 0. The number of terminal acetylenes is 1. The van der Waals surface area contributed by atoms with Gasteiger partial charge in [0.2, 0.25) is 10.0 Å². The topological polar surface area (TPSA) is 95.5 Å². The lowest BCUT2D eigenvalue weighted by atomic mass is 10.2. The molecule has 1 aromatic carbocycles. The molecular formula is C14H16N2O4S. The summed E-state index contributed by atoms with van der Waals surface area (Å²) in [4.78, 5) is 11.1. The molecule has 0 aliphatic heterocycles. The normalized spacial score (nSPS) is 16.0. The third kappa shape index (κ3) is 4.21. The van der Waals surface area contributed by atoms with E-state index in [-0.39, 0.29) is 17.4 Å². The van der Waals surface area contributed by atoms with E-state index >= 15 is 0 Å². The van der Waals surface area contributed by atoms with Crippen LogP contribution in [-0.4, -0.2) is 31.6 Å². The van der Waals surface area contributed by atoms with Crippen LogP contribution < -0.4 is 10.0 Å². The second-order valence-electron chi connectivity index (χ2n) is 4.86. The highest BCUT2D eigenvalue weighted by Gasteiger charge is 2.27. The molecule has 0 aromatic heterocycles. The Labute approximate surface area is 123 Å². The molecule has 0 saturated heterocycles. The third-order valence-corrected chi connectivity index (χ3v) is 4.56. The van der Waals surface area contributed by atoms with Gasteiger partial charge >= 0.3 is 5.97 Å². The summed E-state index contributed by atoms with van der Waals surface area (Å²) in [6.07, 6.45) is 6.89. The summed E-state index contributed by atoms with van der Waals surface area (Å²) in [5.41, 5.74) is 0.503. The molecular weight excluding hydrogens is 292 g/mol. The fourth-order valence-electron chi connectivity index (χ4n) is 1.74. The summed E-state index contributed by atoms with van der Waals surface area (Å²) in [6, 6.07) is 5.05. The van der Waals surface area contributed by atoms with Gasteiger partial charge in [-0.3, -0.25) is 0 Å². The highest BCUT2D eigenvalue weighted by molar-refractivity contribution is 7.89. The Morgan fingerprint density at radius 2 is 2.00 bits per heavy atom. The number of nitrogens with one attached hydrogen (secondary N) is 2. The molecule has 1 saturated carbocycles. The molecule has 0 spiro atoms. The number of sulfonamides is 1. The van der Waals surface area contributed by atoms with Gasteiger partial charge in [0.25, 0.3) is 0 Å². The first kappa shape index (κ1) is 15.4. The minimum atomic E-state index is -3.50. The number of rotatable bonds is 7. The quantitative estimate of drug-likeness (QED) is 0.654. The average molecular weight is 308 g/mol. The monoisotopic (exact) mass is 308 g/mol. The molecule has 0 heterocycles. The molecule has 6 nitrogen and oxygen atoms in total. The van der Waals surface area contributed by atoms with Crippen molar-refractivity contribution in [1.29, 1.82) is 0 Å². The van der Waals surface area contributed by atoms with Crippen LogP contribution in [-0.2, 0) is 14.8 Å². The number of benzene rings is 1. The minimum Gasteiger partial charge on any atom is -0.480 e. The Kier molecular flexibility index (Phi) is 4.50. The van der Waals surface area contributed by atoms with Gasteiger partial charge in [-0.1, -0.05) is 0 Å². The van der Waals surface area contributed by atoms with E-state index in [9.17, 15) is 13.2 Å². The SMILES string of the molecule is C#CCC(Nc1ccc(S(=O)(=O)NC2CC2)cc1)C(=O)O. The standard InChI is InChI=1S/C14H16N2O4S/c1-2-3-13(14(17)18)15-10-6-8-12(9-7-10)21(19,20)16-11-4-5-11/h1,6-9,11,13,15-16H,3-5H2,(H,17,18). The van der Waals surface area contributed by atoms with Gasteiger partial charge in [-0.25, -0.2) is 17.9 Å². The molecule has 0 radical (unpaired) electrons. The molecule has 0 bridgehead atoms. The molecule has 21 heavy (non-hydrogen) atoms. The summed E-state index contributed by atoms with van der Waals surface area (Å²) < 4.78 is 26.5. The molecule has 0 amide bonds. The first-order valence-electron chi connectivity index (χ1n) is 6.47. The molecule has 1 aromatic rings. The maximum Gasteiger partial charge on any atom is 0.327 e. The Balaban J connectivity index is 2.07. The average Bonchev–Trinajstić information content (AvgIpc) is 3.22. The largest absolute Gasteiger partial charge is 0.480 e. The van der Waals surface area contributed by atoms with E-state index in [1.165, 1.54) is 24.3 Å². The molecule has 1 aliphatic rings. The lowest BCUT2D eigenvalue weighted by Crippen LogP contribution is -2.28. The number of carbonyl (C=O) groups is 1. The van der Waals surface area contributed by atoms with Gasteiger partial charge < -0.3 is 10.4 Å². The third-order valence-electron chi connectivity index (χ3n) is 3.02. The van der Waals surface area contributed by atoms with E-state index in [2.05, 4.69) is 16.0 Å². The van der Waals surface area contributed by atoms with Gasteiger partial charge in [-0.05, 0) is 37.1 Å². The Morgan fingerprint density at radius 3 is 2.48 bits per heavy atom. The van der Waals surface area contributed by atoms with Crippen LogP contribution in [0.5, 0.6) is 0 Å². The van der Waals surface area contributed by atoms with Crippen molar-refractivity contribution in [3.05, 3.63) is 24.3 Å². The van der Waals surface area contributed by atoms with Crippen LogP contribution in [0.2, 0.25) is 0 Å². The fraction of sp³-hybridized carbons (Fsp3) is 0.357. The second kappa shape index (κ2) is 6.16. The summed E-state index contributed by atoms with van der Waals surface area (Å²) in [5.74, 6) is 1.23. The fourth-order valence-corrected chi connectivity index (χ4v) is 3.04. The predicted octanol–water partition coefficient (Wildman–Crippen LogP) is 1.02. The van der Waals surface area contributed by atoms with Crippen molar-refractivity contribution < 1.29 is 18.3 Å².